The summed E-state index contributed by atoms with van der Waals surface area (Å²) in [5.41, 5.74) is 1.89. The van der Waals surface area contributed by atoms with E-state index in [9.17, 15) is 4.79 Å². The number of nitrogens with zero attached hydrogens (tertiary/aromatic N) is 1. The van der Waals surface area contributed by atoms with Gasteiger partial charge in [0, 0.05) is 22.6 Å². The maximum atomic E-state index is 12.6. The first kappa shape index (κ1) is 13.6. The number of benzene rings is 1. The number of hydrogen-bond donors (Lipinski definition) is 0. The molecular formula is C15H20BrNO. The highest BCUT2D eigenvalue weighted by Crippen LogP contribution is 2.30. The zero-order valence-electron chi connectivity index (χ0n) is 11.1. The van der Waals surface area contributed by atoms with Crippen molar-refractivity contribution in [2.75, 3.05) is 6.54 Å². The summed E-state index contributed by atoms with van der Waals surface area (Å²) in [5.74, 6) is 0.199. The summed E-state index contributed by atoms with van der Waals surface area (Å²) in [6.07, 6.45) is 4.56. The van der Waals surface area contributed by atoms with Gasteiger partial charge in [0.25, 0.3) is 5.91 Å². The van der Waals surface area contributed by atoms with Crippen molar-refractivity contribution in [3.63, 3.8) is 0 Å². The van der Waals surface area contributed by atoms with E-state index in [-0.39, 0.29) is 5.91 Å². The van der Waals surface area contributed by atoms with Crippen molar-refractivity contribution < 1.29 is 4.79 Å². The summed E-state index contributed by atoms with van der Waals surface area (Å²) in [5, 5.41) is 0. The molecule has 1 aromatic carbocycles. The van der Waals surface area contributed by atoms with Gasteiger partial charge in [-0.15, -0.1) is 0 Å². The van der Waals surface area contributed by atoms with Crippen molar-refractivity contribution in [3.05, 3.63) is 33.8 Å². The van der Waals surface area contributed by atoms with Crippen molar-refractivity contribution in [1.82, 2.24) is 4.90 Å². The van der Waals surface area contributed by atoms with E-state index in [2.05, 4.69) is 27.8 Å². The van der Waals surface area contributed by atoms with Gasteiger partial charge in [-0.2, -0.15) is 0 Å². The minimum Gasteiger partial charge on any atom is -0.336 e. The molecule has 98 valence electrons. The highest BCUT2D eigenvalue weighted by Gasteiger charge is 2.33. The maximum absolute atomic E-state index is 12.6. The van der Waals surface area contributed by atoms with E-state index >= 15 is 0 Å². The molecule has 2 nitrogen and oxygen atoms in total. The average molecular weight is 310 g/mol. The van der Waals surface area contributed by atoms with Gasteiger partial charge in [-0.3, -0.25) is 4.79 Å². The Bertz CT molecular complexity index is 440. The minimum atomic E-state index is 0.199. The van der Waals surface area contributed by atoms with E-state index in [0.717, 1.165) is 35.0 Å². The lowest BCUT2D eigenvalue weighted by Gasteiger charge is -2.23. The Kier molecular flexibility index (Phi) is 4.44. The van der Waals surface area contributed by atoms with Gasteiger partial charge in [0.2, 0.25) is 0 Å². The lowest BCUT2D eigenvalue weighted by molar-refractivity contribution is 0.0740. The van der Waals surface area contributed by atoms with Crippen LogP contribution in [0.3, 0.4) is 0 Å². The van der Waals surface area contributed by atoms with Gasteiger partial charge in [-0.25, -0.2) is 0 Å². The SMILES string of the molecule is CCCCN(C(=O)c1cccc(Br)c1C)C1CC1. The second kappa shape index (κ2) is 5.87. The zero-order chi connectivity index (χ0) is 13.1. The predicted octanol–water partition coefficient (Wildman–Crippen LogP) is 4.16. The smallest absolute Gasteiger partial charge is 0.254 e. The van der Waals surface area contributed by atoms with Crippen LogP contribution in [0.2, 0.25) is 0 Å². The number of rotatable bonds is 5. The molecule has 1 amide bonds. The van der Waals surface area contributed by atoms with Crippen molar-refractivity contribution in [3.8, 4) is 0 Å². The summed E-state index contributed by atoms with van der Waals surface area (Å²) >= 11 is 3.50. The monoisotopic (exact) mass is 309 g/mol. The van der Waals surface area contributed by atoms with E-state index in [4.69, 9.17) is 0 Å². The molecule has 18 heavy (non-hydrogen) atoms. The van der Waals surface area contributed by atoms with Crippen LogP contribution in [0.5, 0.6) is 0 Å². The standard InChI is InChI=1S/C15H20BrNO/c1-3-4-10-17(12-8-9-12)15(18)13-6-5-7-14(16)11(13)2/h5-7,12H,3-4,8-10H2,1-2H3. The Balaban J connectivity index is 2.19. The molecule has 1 fully saturated rings. The highest BCUT2D eigenvalue weighted by atomic mass is 79.9. The molecule has 1 aromatic rings. The molecule has 1 aliphatic rings. The van der Waals surface area contributed by atoms with E-state index in [1.165, 1.54) is 12.8 Å². The van der Waals surface area contributed by atoms with Crippen molar-refractivity contribution >= 4 is 21.8 Å². The van der Waals surface area contributed by atoms with Crippen molar-refractivity contribution in [2.24, 2.45) is 0 Å². The zero-order valence-corrected chi connectivity index (χ0v) is 12.7. The molecule has 0 heterocycles. The Labute approximate surface area is 117 Å². The summed E-state index contributed by atoms with van der Waals surface area (Å²) in [4.78, 5) is 14.7. The minimum absolute atomic E-state index is 0.199. The Morgan fingerprint density at radius 1 is 1.44 bits per heavy atom. The maximum Gasteiger partial charge on any atom is 0.254 e. The number of halogens is 1. The summed E-state index contributed by atoms with van der Waals surface area (Å²) in [7, 11) is 0. The largest absolute Gasteiger partial charge is 0.336 e. The van der Waals surface area contributed by atoms with E-state index in [1.54, 1.807) is 0 Å². The third kappa shape index (κ3) is 2.94. The van der Waals surface area contributed by atoms with Gasteiger partial charge in [0.1, 0.15) is 0 Å². The molecule has 3 heteroatoms. The highest BCUT2D eigenvalue weighted by molar-refractivity contribution is 9.10. The van der Waals surface area contributed by atoms with Crippen LogP contribution in [0.25, 0.3) is 0 Å². The molecule has 0 radical (unpaired) electrons. The summed E-state index contributed by atoms with van der Waals surface area (Å²) in [6.45, 7) is 5.06. The van der Waals surface area contributed by atoms with Crippen LogP contribution in [0.4, 0.5) is 0 Å². The Morgan fingerprint density at radius 3 is 2.78 bits per heavy atom. The molecule has 0 saturated heterocycles. The fourth-order valence-corrected chi connectivity index (χ4v) is 2.52. The van der Waals surface area contributed by atoms with Gasteiger partial charge >= 0.3 is 0 Å². The first-order valence-electron chi connectivity index (χ1n) is 6.71. The molecule has 0 N–H and O–H groups in total. The molecule has 0 spiro atoms. The van der Waals surface area contributed by atoms with Crippen LogP contribution in [0, 0.1) is 6.92 Å². The molecule has 0 aliphatic heterocycles. The Hall–Kier alpha value is -0.830. The van der Waals surface area contributed by atoms with Crippen molar-refractivity contribution in [1.29, 1.82) is 0 Å². The molecular weight excluding hydrogens is 290 g/mol. The average Bonchev–Trinajstić information content (AvgIpc) is 3.17. The topological polar surface area (TPSA) is 20.3 Å². The predicted molar refractivity (Wildman–Crippen MR) is 77.8 cm³/mol. The number of unbranched alkanes of at least 4 members (excludes halogenated alkanes) is 1. The van der Waals surface area contributed by atoms with Gasteiger partial charge < -0.3 is 4.90 Å². The number of carbonyl (C=O) groups excluding carboxylic acids is 1. The first-order valence-corrected chi connectivity index (χ1v) is 7.50. The number of hydrogen-bond acceptors (Lipinski definition) is 1. The van der Waals surface area contributed by atoms with E-state index in [1.807, 2.05) is 25.1 Å². The van der Waals surface area contributed by atoms with Gasteiger partial charge in [-0.1, -0.05) is 35.3 Å². The summed E-state index contributed by atoms with van der Waals surface area (Å²) < 4.78 is 1.01. The number of amides is 1. The second-order valence-electron chi connectivity index (χ2n) is 5.00. The van der Waals surface area contributed by atoms with Gasteiger partial charge in [-0.05, 0) is 43.9 Å². The van der Waals surface area contributed by atoms with Crippen LogP contribution in [0.15, 0.2) is 22.7 Å². The van der Waals surface area contributed by atoms with E-state index < -0.39 is 0 Å². The number of carbonyl (C=O) groups is 1. The lowest BCUT2D eigenvalue weighted by Crippen LogP contribution is -2.34. The third-order valence-corrected chi connectivity index (χ3v) is 4.36. The molecule has 1 saturated carbocycles. The van der Waals surface area contributed by atoms with Gasteiger partial charge in [0.05, 0.1) is 0 Å². The third-order valence-electron chi connectivity index (χ3n) is 3.50. The lowest BCUT2D eigenvalue weighted by atomic mass is 10.1. The van der Waals surface area contributed by atoms with Crippen LogP contribution < -0.4 is 0 Å². The van der Waals surface area contributed by atoms with Crippen LogP contribution in [-0.2, 0) is 0 Å². The molecule has 0 aromatic heterocycles. The van der Waals surface area contributed by atoms with Crippen LogP contribution in [-0.4, -0.2) is 23.4 Å². The fourth-order valence-electron chi connectivity index (χ4n) is 2.16. The molecule has 0 unspecified atom stereocenters. The van der Waals surface area contributed by atoms with E-state index in [0.29, 0.717) is 6.04 Å². The fraction of sp³-hybridized carbons (Fsp3) is 0.533. The molecule has 1 aliphatic carbocycles. The Morgan fingerprint density at radius 2 is 2.17 bits per heavy atom. The van der Waals surface area contributed by atoms with Crippen LogP contribution in [0.1, 0.15) is 48.5 Å². The second-order valence-corrected chi connectivity index (χ2v) is 5.85. The normalized spacial score (nSPS) is 14.6. The first-order chi connectivity index (χ1) is 8.65. The molecule has 0 bridgehead atoms. The van der Waals surface area contributed by atoms with Gasteiger partial charge in [0.15, 0.2) is 0 Å². The molecule has 2 rings (SSSR count). The van der Waals surface area contributed by atoms with Crippen LogP contribution >= 0.6 is 15.9 Å². The molecule has 0 atom stereocenters. The summed E-state index contributed by atoms with van der Waals surface area (Å²) in [6, 6.07) is 6.35. The quantitative estimate of drug-likeness (QED) is 0.799. The van der Waals surface area contributed by atoms with Crippen molar-refractivity contribution in [2.45, 2.75) is 45.6 Å².